The molecule has 0 amide bonds. The lowest BCUT2D eigenvalue weighted by molar-refractivity contribution is -0.387. The summed E-state index contributed by atoms with van der Waals surface area (Å²) in [5, 5.41) is 19.6. The number of anilines is 1. The second kappa shape index (κ2) is 7.67. The first-order chi connectivity index (χ1) is 12.1. The normalized spacial score (nSPS) is 11.2. The molecule has 0 aromatic heterocycles. The van der Waals surface area contributed by atoms with Crippen molar-refractivity contribution in [3.63, 3.8) is 0 Å². The molecule has 0 heterocycles. The Morgan fingerprint density at radius 3 is 2.50 bits per heavy atom. The van der Waals surface area contributed by atoms with E-state index in [4.69, 9.17) is 16.7 Å². The van der Waals surface area contributed by atoms with Gasteiger partial charge >= 0.3 is 5.97 Å². The topological polar surface area (TPSA) is 118 Å². The molecule has 1 N–H and O–H groups in total. The highest BCUT2D eigenvalue weighted by molar-refractivity contribution is 7.93. The number of carboxylic acids is 1. The summed E-state index contributed by atoms with van der Waals surface area (Å²) >= 11 is 5.68. The molecule has 11 heteroatoms. The molecular formula is C15H12ClFN2O6S. The fourth-order valence-corrected chi connectivity index (χ4v) is 3.96. The van der Waals surface area contributed by atoms with Crippen LogP contribution in [0.1, 0.15) is 6.42 Å². The molecule has 2 rings (SSSR count). The number of nitrogens with zero attached hydrogens (tertiary/aromatic N) is 2. The lowest BCUT2D eigenvalue weighted by Crippen LogP contribution is -2.33. The maximum Gasteiger partial charge on any atom is 0.305 e. The number of hydrogen-bond donors (Lipinski definition) is 1. The van der Waals surface area contributed by atoms with Crippen LogP contribution in [0.15, 0.2) is 47.4 Å². The minimum Gasteiger partial charge on any atom is -0.481 e. The van der Waals surface area contributed by atoms with Crippen LogP contribution in [0.3, 0.4) is 0 Å². The van der Waals surface area contributed by atoms with E-state index in [1.807, 2.05) is 0 Å². The van der Waals surface area contributed by atoms with Crippen molar-refractivity contribution in [2.45, 2.75) is 11.3 Å². The zero-order valence-electron chi connectivity index (χ0n) is 13.0. The Kier molecular flexibility index (Phi) is 5.78. The van der Waals surface area contributed by atoms with E-state index in [2.05, 4.69) is 0 Å². The number of rotatable bonds is 7. The second-order valence-electron chi connectivity index (χ2n) is 5.04. The van der Waals surface area contributed by atoms with Crippen molar-refractivity contribution in [3.05, 3.63) is 63.4 Å². The van der Waals surface area contributed by atoms with Gasteiger partial charge in [-0.2, -0.15) is 0 Å². The smallest absolute Gasteiger partial charge is 0.305 e. The molecule has 138 valence electrons. The van der Waals surface area contributed by atoms with Crippen molar-refractivity contribution in [3.8, 4) is 0 Å². The first kappa shape index (κ1) is 19.6. The first-order valence-electron chi connectivity index (χ1n) is 7.07. The van der Waals surface area contributed by atoms with Crippen LogP contribution in [0.4, 0.5) is 15.8 Å². The largest absolute Gasteiger partial charge is 0.481 e. The Morgan fingerprint density at radius 1 is 1.27 bits per heavy atom. The van der Waals surface area contributed by atoms with Crippen LogP contribution in [0.25, 0.3) is 0 Å². The van der Waals surface area contributed by atoms with E-state index in [0.717, 1.165) is 30.3 Å². The van der Waals surface area contributed by atoms with Crippen LogP contribution in [0.5, 0.6) is 0 Å². The van der Waals surface area contributed by atoms with E-state index in [0.29, 0.717) is 4.31 Å². The monoisotopic (exact) mass is 402 g/mol. The van der Waals surface area contributed by atoms with Gasteiger partial charge in [-0.15, -0.1) is 0 Å². The van der Waals surface area contributed by atoms with Crippen molar-refractivity contribution >= 4 is 39.0 Å². The summed E-state index contributed by atoms with van der Waals surface area (Å²) in [7, 11) is -4.51. The average molecular weight is 403 g/mol. The van der Waals surface area contributed by atoms with E-state index >= 15 is 0 Å². The van der Waals surface area contributed by atoms with Gasteiger partial charge in [0, 0.05) is 12.6 Å². The molecule has 0 radical (unpaired) electrons. The minimum atomic E-state index is -4.51. The SMILES string of the molecule is O=C(O)CCN(c1ccc(F)c(Cl)c1)S(=O)(=O)c1ccccc1[N+](=O)[O-]. The minimum absolute atomic E-state index is 0.115. The fraction of sp³-hybridized carbons (Fsp3) is 0.133. The average Bonchev–Trinajstić information content (AvgIpc) is 2.57. The Bertz CT molecular complexity index is 966. The summed E-state index contributed by atoms with van der Waals surface area (Å²) in [4.78, 5) is 20.6. The van der Waals surface area contributed by atoms with E-state index in [-0.39, 0.29) is 10.7 Å². The van der Waals surface area contributed by atoms with E-state index < -0.39 is 50.3 Å². The molecule has 0 spiro atoms. The van der Waals surface area contributed by atoms with E-state index in [1.54, 1.807) is 0 Å². The molecule has 0 aliphatic rings. The second-order valence-corrected chi connectivity index (χ2v) is 7.28. The van der Waals surface area contributed by atoms with Crippen molar-refractivity contribution in [1.29, 1.82) is 0 Å². The number of nitro benzene ring substituents is 1. The molecule has 8 nitrogen and oxygen atoms in total. The number of carbonyl (C=O) groups is 1. The van der Waals surface area contributed by atoms with Gasteiger partial charge in [-0.05, 0) is 24.3 Å². The van der Waals surface area contributed by atoms with Crippen molar-refractivity contribution in [1.82, 2.24) is 0 Å². The van der Waals surface area contributed by atoms with Crippen molar-refractivity contribution in [2.75, 3.05) is 10.8 Å². The van der Waals surface area contributed by atoms with Gasteiger partial charge in [0.1, 0.15) is 5.82 Å². The molecule has 2 aromatic carbocycles. The van der Waals surface area contributed by atoms with Gasteiger partial charge in [-0.1, -0.05) is 23.7 Å². The number of hydrogen-bond acceptors (Lipinski definition) is 5. The molecule has 0 bridgehead atoms. The molecule has 0 aliphatic heterocycles. The third kappa shape index (κ3) is 4.09. The predicted octanol–water partition coefficient (Wildman–Crippen LogP) is 3.06. The Labute approximate surface area is 152 Å². The van der Waals surface area contributed by atoms with E-state index in [9.17, 15) is 27.7 Å². The number of sulfonamides is 1. The Morgan fingerprint density at radius 2 is 1.92 bits per heavy atom. The highest BCUT2D eigenvalue weighted by Gasteiger charge is 2.32. The van der Waals surface area contributed by atoms with Gasteiger partial charge in [-0.25, -0.2) is 12.8 Å². The Balaban J connectivity index is 2.62. The summed E-state index contributed by atoms with van der Waals surface area (Å²) in [6.45, 7) is -0.522. The lowest BCUT2D eigenvalue weighted by atomic mass is 10.3. The highest BCUT2D eigenvalue weighted by Crippen LogP contribution is 2.31. The summed E-state index contributed by atoms with van der Waals surface area (Å²) < 4.78 is 39.9. The lowest BCUT2D eigenvalue weighted by Gasteiger charge is -2.24. The summed E-state index contributed by atoms with van der Waals surface area (Å²) in [6.07, 6.45) is -0.575. The van der Waals surface area contributed by atoms with E-state index in [1.165, 1.54) is 12.1 Å². The molecule has 0 aliphatic carbocycles. The number of aliphatic carboxylic acids is 1. The third-order valence-corrected chi connectivity index (χ3v) is 5.51. The van der Waals surface area contributed by atoms with Gasteiger partial charge in [0.05, 0.1) is 22.1 Å². The molecule has 0 saturated carbocycles. The highest BCUT2D eigenvalue weighted by atomic mass is 35.5. The third-order valence-electron chi connectivity index (χ3n) is 3.35. The molecule has 26 heavy (non-hydrogen) atoms. The van der Waals surface area contributed by atoms with Gasteiger partial charge < -0.3 is 5.11 Å². The quantitative estimate of drug-likeness (QED) is 0.561. The standard InChI is InChI=1S/C15H12ClFN2O6S/c16-11-9-10(5-6-12(11)17)18(8-7-15(20)21)26(24,25)14-4-2-1-3-13(14)19(22)23/h1-6,9H,7-8H2,(H,20,21). The maximum absolute atomic E-state index is 13.4. The van der Waals surface area contributed by atoms with Crippen LogP contribution in [0.2, 0.25) is 5.02 Å². The predicted molar refractivity (Wildman–Crippen MR) is 91.3 cm³/mol. The van der Waals surface area contributed by atoms with Gasteiger partial charge in [0.25, 0.3) is 15.7 Å². The molecule has 0 fully saturated rings. The summed E-state index contributed by atoms with van der Waals surface area (Å²) in [5.74, 6) is -2.07. The fourth-order valence-electron chi connectivity index (χ4n) is 2.17. The first-order valence-corrected chi connectivity index (χ1v) is 8.89. The number of carboxylic acid groups (broad SMARTS) is 1. The van der Waals surface area contributed by atoms with Gasteiger partial charge in [-0.3, -0.25) is 19.2 Å². The van der Waals surface area contributed by atoms with Crippen LogP contribution in [-0.4, -0.2) is 31.0 Å². The summed E-state index contributed by atoms with van der Waals surface area (Å²) in [5.41, 5.74) is -0.781. The summed E-state index contributed by atoms with van der Waals surface area (Å²) in [6, 6.07) is 7.66. The van der Waals surface area contributed by atoms with Gasteiger partial charge in [0.15, 0.2) is 4.90 Å². The molecule has 0 atom stereocenters. The number of nitro groups is 1. The number of halogens is 2. The molecule has 0 saturated heterocycles. The molecule has 2 aromatic rings. The zero-order valence-corrected chi connectivity index (χ0v) is 14.6. The van der Waals surface area contributed by atoms with Crippen molar-refractivity contribution < 1.29 is 27.6 Å². The van der Waals surface area contributed by atoms with Gasteiger partial charge in [0.2, 0.25) is 0 Å². The maximum atomic E-state index is 13.4. The van der Waals surface area contributed by atoms with Crippen LogP contribution in [0, 0.1) is 15.9 Å². The van der Waals surface area contributed by atoms with Crippen LogP contribution in [-0.2, 0) is 14.8 Å². The molecule has 0 unspecified atom stereocenters. The zero-order chi connectivity index (χ0) is 19.5. The molecular weight excluding hydrogens is 391 g/mol. The number of para-hydroxylation sites is 1. The van der Waals surface area contributed by atoms with Crippen LogP contribution >= 0.6 is 11.6 Å². The van der Waals surface area contributed by atoms with Crippen molar-refractivity contribution in [2.24, 2.45) is 0 Å². The number of benzene rings is 2. The van der Waals surface area contributed by atoms with Crippen LogP contribution < -0.4 is 4.31 Å². The Hall–Kier alpha value is -2.72.